The average Bonchev–Trinajstić information content (AvgIpc) is 2.35. The number of anilines is 1. The first kappa shape index (κ1) is 16.3. The highest BCUT2D eigenvalue weighted by Gasteiger charge is 2.33. The second-order valence-corrected chi connectivity index (χ2v) is 5.27. The SMILES string of the molecule is CC(C)CC(C)N(C)c1nc(C(F)(F)F)ccc1C#N. The molecule has 1 heterocycles. The van der Waals surface area contributed by atoms with Crippen molar-refractivity contribution >= 4 is 5.82 Å². The molecule has 3 nitrogen and oxygen atoms in total. The van der Waals surface area contributed by atoms with Gasteiger partial charge in [0.1, 0.15) is 17.6 Å². The van der Waals surface area contributed by atoms with Crippen molar-refractivity contribution in [3.05, 3.63) is 23.4 Å². The van der Waals surface area contributed by atoms with Crippen LogP contribution in [0.3, 0.4) is 0 Å². The third-order valence-corrected chi connectivity index (χ3v) is 3.09. The Hall–Kier alpha value is -1.77. The molecule has 6 heteroatoms. The number of hydrogen-bond donors (Lipinski definition) is 0. The van der Waals surface area contributed by atoms with E-state index in [9.17, 15) is 13.2 Å². The number of aromatic nitrogens is 1. The molecule has 0 aliphatic carbocycles. The van der Waals surface area contributed by atoms with E-state index in [2.05, 4.69) is 4.98 Å². The van der Waals surface area contributed by atoms with Crippen LogP contribution in [0.15, 0.2) is 12.1 Å². The number of nitrogens with zero attached hydrogens (tertiary/aromatic N) is 3. The van der Waals surface area contributed by atoms with Gasteiger partial charge in [0.05, 0.1) is 5.56 Å². The Bertz CT molecular complexity index is 503. The zero-order chi connectivity index (χ0) is 15.5. The molecule has 0 aliphatic heterocycles. The van der Waals surface area contributed by atoms with Crippen molar-refractivity contribution in [2.45, 2.75) is 39.4 Å². The van der Waals surface area contributed by atoms with Gasteiger partial charge in [-0.3, -0.25) is 0 Å². The van der Waals surface area contributed by atoms with E-state index >= 15 is 0 Å². The normalized spacial score (nSPS) is 13.2. The number of halogens is 3. The van der Waals surface area contributed by atoms with Gasteiger partial charge in [-0.1, -0.05) is 13.8 Å². The van der Waals surface area contributed by atoms with Crippen LogP contribution in [0.2, 0.25) is 0 Å². The summed E-state index contributed by atoms with van der Waals surface area (Å²) in [4.78, 5) is 5.25. The minimum Gasteiger partial charge on any atom is -0.356 e. The maximum atomic E-state index is 12.7. The van der Waals surface area contributed by atoms with E-state index in [0.717, 1.165) is 12.5 Å². The number of hydrogen-bond acceptors (Lipinski definition) is 3. The molecule has 20 heavy (non-hydrogen) atoms. The third kappa shape index (κ3) is 3.86. The molecule has 1 atom stereocenters. The van der Waals surface area contributed by atoms with Crippen LogP contribution in [-0.4, -0.2) is 18.1 Å². The highest BCUT2D eigenvalue weighted by atomic mass is 19.4. The molecule has 0 aliphatic rings. The molecule has 0 saturated heterocycles. The molecule has 0 N–H and O–H groups in total. The van der Waals surface area contributed by atoms with Crippen molar-refractivity contribution in [3.63, 3.8) is 0 Å². The third-order valence-electron chi connectivity index (χ3n) is 3.09. The second-order valence-electron chi connectivity index (χ2n) is 5.27. The lowest BCUT2D eigenvalue weighted by Crippen LogP contribution is -2.32. The van der Waals surface area contributed by atoms with Crippen molar-refractivity contribution in [2.75, 3.05) is 11.9 Å². The van der Waals surface area contributed by atoms with Crippen LogP contribution in [0.25, 0.3) is 0 Å². The molecule has 0 aromatic carbocycles. The maximum absolute atomic E-state index is 12.7. The standard InChI is InChI=1S/C14H18F3N3/c1-9(2)7-10(3)20(4)13-11(8-18)5-6-12(19-13)14(15,16)17/h5-6,9-10H,7H2,1-4H3. The van der Waals surface area contributed by atoms with Gasteiger partial charge < -0.3 is 4.90 Å². The number of rotatable bonds is 4. The Balaban J connectivity index is 3.18. The lowest BCUT2D eigenvalue weighted by Gasteiger charge is -2.28. The highest BCUT2D eigenvalue weighted by Crippen LogP contribution is 2.31. The van der Waals surface area contributed by atoms with Crippen molar-refractivity contribution in [3.8, 4) is 6.07 Å². The maximum Gasteiger partial charge on any atom is 0.433 e. The quantitative estimate of drug-likeness (QED) is 0.843. The van der Waals surface area contributed by atoms with E-state index in [-0.39, 0.29) is 17.4 Å². The lowest BCUT2D eigenvalue weighted by molar-refractivity contribution is -0.141. The van der Waals surface area contributed by atoms with Crippen LogP contribution >= 0.6 is 0 Å². The van der Waals surface area contributed by atoms with Crippen LogP contribution in [0.1, 0.15) is 38.4 Å². The zero-order valence-electron chi connectivity index (χ0n) is 12.0. The summed E-state index contributed by atoms with van der Waals surface area (Å²) >= 11 is 0. The van der Waals surface area contributed by atoms with Crippen molar-refractivity contribution in [1.29, 1.82) is 5.26 Å². The summed E-state index contributed by atoms with van der Waals surface area (Å²) in [5.74, 6) is 0.485. The van der Waals surface area contributed by atoms with Gasteiger partial charge in [0.2, 0.25) is 0 Å². The second kappa shape index (κ2) is 6.12. The molecular weight excluding hydrogens is 267 g/mol. The summed E-state index contributed by atoms with van der Waals surface area (Å²) in [5.41, 5.74) is -0.828. The van der Waals surface area contributed by atoms with Gasteiger partial charge >= 0.3 is 6.18 Å². The molecule has 0 saturated carbocycles. The molecule has 1 rings (SSSR count). The molecule has 0 bridgehead atoms. The minimum atomic E-state index is -4.51. The largest absolute Gasteiger partial charge is 0.433 e. The van der Waals surface area contributed by atoms with Crippen molar-refractivity contribution in [1.82, 2.24) is 4.98 Å². The fraction of sp³-hybridized carbons (Fsp3) is 0.571. The van der Waals surface area contributed by atoms with Gasteiger partial charge in [-0.15, -0.1) is 0 Å². The first-order valence-corrected chi connectivity index (χ1v) is 6.38. The Labute approximate surface area is 117 Å². The van der Waals surface area contributed by atoms with Crippen LogP contribution in [0, 0.1) is 17.2 Å². The smallest absolute Gasteiger partial charge is 0.356 e. The van der Waals surface area contributed by atoms with E-state index in [1.807, 2.05) is 26.8 Å². The van der Waals surface area contributed by atoms with Crippen LogP contribution < -0.4 is 4.90 Å². The topological polar surface area (TPSA) is 39.9 Å². The summed E-state index contributed by atoms with van der Waals surface area (Å²) in [6.45, 7) is 5.98. The van der Waals surface area contributed by atoms with E-state index in [4.69, 9.17) is 5.26 Å². The molecule has 1 aromatic rings. The predicted octanol–water partition coefficient (Wildman–Crippen LogP) is 3.84. The highest BCUT2D eigenvalue weighted by molar-refractivity contribution is 5.54. The number of pyridine rings is 1. The minimum absolute atomic E-state index is 0.00177. The molecule has 1 unspecified atom stereocenters. The zero-order valence-corrected chi connectivity index (χ0v) is 12.0. The van der Waals surface area contributed by atoms with Crippen molar-refractivity contribution < 1.29 is 13.2 Å². The lowest BCUT2D eigenvalue weighted by atomic mass is 10.0. The van der Waals surface area contributed by atoms with E-state index in [0.29, 0.717) is 5.92 Å². The molecule has 0 amide bonds. The summed E-state index contributed by atoms with van der Waals surface area (Å²) in [6.07, 6.45) is -3.70. The molecule has 0 fully saturated rings. The van der Waals surface area contributed by atoms with Crippen LogP contribution in [0.4, 0.5) is 19.0 Å². The Kier molecular flexibility index (Phi) is 4.98. The average molecular weight is 285 g/mol. The van der Waals surface area contributed by atoms with E-state index < -0.39 is 11.9 Å². The molecule has 110 valence electrons. The van der Waals surface area contributed by atoms with Gasteiger partial charge in [0.15, 0.2) is 0 Å². The summed E-state index contributed by atoms with van der Waals surface area (Å²) in [5, 5.41) is 9.03. The Morgan fingerprint density at radius 1 is 1.30 bits per heavy atom. The van der Waals surface area contributed by atoms with Crippen molar-refractivity contribution in [2.24, 2.45) is 5.92 Å². The number of alkyl halides is 3. The fourth-order valence-electron chi connectivity index (χ4n) is 2.01. The first-order chi connectivity index (χ1) is 9.16. The van der Waals surface area contributed by atoms with Gasteiger partial charge in [-0.25, -0.2) is 4.98 Å². The van der Waals surface area contributed by atoms with Crippen LogP contribution in [-0.2, 0) is 6.18 Å². The summed E-state index contributed by atoms with van der Waals surface area (Å²) in [6, 6.07) is 3.90. The van der Waals surface area contributed by atoms with Gasteiger partial charge in [-0.2, -0.15) is 18.4 Å². The Morgan fingerprint density at radius 3 is 2.35 bits per heavy atom. The van der Waals surface area contributed by atoms with Gasteiger partial charge in [-0.05, 0) is 31.4 Å². The first-order valence-electron chi connectivity index (χ1n) is 6.38. The van der Waals surface area contributed by atoms with E-state index in [1.54, 1.807) is 11.9 Å². The van der Waals surface area contributed by atoms with Crippen LogP contribution in [0.5, 0.6) is 0 Å². The number of nitriles is 1. The molecule has 0 radical (unpaired) electrons. The monoisotopic (exact) mass is 285 g/mol. The van der Waals surface area contributed by atoms with Gasteiger partial charge in [0, 0.05) is 13.1 Å². The molecule has 1 aromatic heterocycles. The van der Waals surface area contributed by atoms with E-state index in [1.165, 1.54) is 6.07 Å². The Morgan fingerprint density at radius 2 is 1.90 bits per heavy atom. The summed E-state index contributed by atoms with van der Waals surface area (Å²) in [7, 11) is 1.66. The predicted molar refractivity (Wildman–Crippen MR) is 71.3 cm³/mol. The fourth-order valence-corrected chi connectivity index (χ4v) is 2.01. The molecular formula is C14H18F3N3. The summed E-state index contributed by atoms with van der Waals surface area (Å²) < 4.78 is 38.1. The molecule has 0 spiro atoms. The van der Waals surface area contributed by atoms with Gasteiger partial charge in [0.25, 0.3) is 0 Å².